The van der Waals surface area contributed by atoms with Crippen LogP contribution in [0.2, 0.25) is 5.02 Å². The molecule has 1 amide bonds. The summed E-state index contributed by atoms with van der Waals surface area (Å²) in [4.78, 5) is 19.6. The molecule has 1 aliphatic heterocycles. The molecule has 1 aliphatic rings. The van der Waals surface area contributed by atoms with Crippen LogP contribution in [-0.4, -0.2) is 43.5 Å². The van der Waals surface area contributed by atoms with Gasteiger partial charge in [-0.3, -0.25) is 14.6 Å². The van der Waals surface area contributed by atoms with E-state index >= 15 is 0 Å². The van der Waals surface area contributed by atoms with Crippen LogP contribution in [0.5, 0.6) is 0 Å². The summed E-state index contributed by atoms with van der Waals surface area (Å²) in [5.74, 6) is 0.0820. The van der Waals surface area contributed by atoms with Gasteiger partial charge < -0.3 is 4.90 Å². The number of hydrogen-bond acceptors (Lipinski definition) is 3. The Kier molecular flexibility index (Phi) is 6.13. The molecular formula is C24H24ClN3O. The molecule has 4 nitrogen and oxygen atoms in total. The van der Waals surface area contributed by atoms with E-state index in [1.165, 1.54) is 0 Å². The fourth-order valence-electron chi connectivity index (χ4n) is 3.69. The molecule has 0 N–H and O–H groups in total. The molecule has 0 aliphatic carbocycles. The van der Waals surface area contributed by atoms with Crippen molar-refractivity contribution >= 4 is 34.6 Å². The molecule has 1 saturated heterocycles. The van der Waals surface area contributed by atoms with Gasteiger partial charge in [0.1, 0.15) is 0 Å². The Morgan fingerprint density at radius 2 is 1.38 bits per heavy atom. The minimum Gasteiger partial charge on any atom is -0.369 e. The molecule has 1 fully saturated rings. The molecular weight excluding hydrogens is 382 g/mol. The standard InChI is InChI=1S/C24H24ClN3O/c25-20-8-7-13-23(18-20)27-16-14-26(15-17-27)19-24(29)28(21-9-3-1-4-10-21)22-11-5-2-6-12-22/h1-13,18H,14-17,19H2. The van der Waals surface area contributed by atoms with E-state index in [0.29, 0.717) is 6.54 Å². The molecule has 3 aromatic carbocycles. The number of carbonyl (C=O) groups is 1. The Morgan fingerprint density at radius 3 is 1.93 bits per heavy atom. The Hall–Kier alpha value is -2.82. The topological polar surface area (TPSA) is 26.8 Å². The van der Waals surface area contributed by atoms with Crippen molar-refractivity contribution in [1.82, 2.24) is 4.90 Å². The van der Waals surface area contributed by atoms with Gasteiger partial charge in [0.05, 0.1) is 6.54 Å². The molecule has 0 bridgehead atoms. The lowest BCUT2D eigenvalue weighted by atomic mass is 10.2. The van der Waals surface area contributed by atoms with Gasteiger partial charge in [-0.05, 0) is 42.5 Å². The van der Waals surface area contributed by atoms with Crippen LogP contribution in [0.15, 0.2) is 84.9 Å². The number of benzene rings is 3. The van der Waals surface area contributed by atoms with E-state index in [-0.39, 0.29) is 5.91 Å². The summed E-state index contributed by atoms with van der Waals surface area (Å²) in [6.07, 6.45) is 0. The van der Waals surface area contributed by atoms with Crippen molar-refractivity contribution in [2.45, 2.75) is 0 Å². The summed E-state index contributed by atoms with van der Waals surface area (Å²) >= 11 is 6.13. The lowest BCUT2D eigenvalue weighted by molar-refractivity contribution is -0.119. The summed E-state index contributed by atoms with van der Waals surface area (Å²) in [7, 11) is 0. The average Bonchev–Trinajstić information content (AvgIpc) is 2.76. The minimum atomic E-state index is 0.0820. The van der Waals surface area contributed by atoms with Gasteiger partial charge in [0.25, 0.3) is 0 Å². The fraction of sp³-hybridized carbons (Fsp3) is 0.208. The lowest BCUT2D eigenvalue weighted by Gasteiger charge is -2.36. The zero-order valence-electron chi connectivity index (χ0n) is 16.2. The largest absolute Gasteiger partial charge is 0.369 e. The summed E-state index contributed by atoms with van der Waals surface area (Å²) in [5.41, 5.74) is 2.92. The van der Waals surface area contributed by atoms with Crippen LogP contribution in [0, 0.1) is 0 Å². The van der Waals surface area contributed by atoms with E-state index in [1.807, 2.05) is 83.8 Å². The fourth-order valence-corrected chi connectivity index (χ4v) is 3.87. The van der Waals surface area contributed by atoms with Gasteiger partial charge in [-0.25, -0.2) is 0 Å². The number of nitrogens with zero attached hydrogens (tertiary/aromatic N) is 3. The van der Waals surface area contributed by atoms with E-state index in [2.05, 4.69) is 15.9 Å². The highest BCUT2D eigenvalue weighted by Crippen LogP contribution is 2.26. The van der Waals surface area contributed by atoms with Crippen LogP contribution in [0.3, 0.4) is 0 Å². The first-order valence-electron chi connectivity index (χ1n) is 9.86. The van der Waals surface area contributed by atoms with E-state index < -0.39 is 0 Å². The molecule has 0 spiro atoms. The molecule has 0 atom stereocenters. The van der Waals surface area contributed by atoms with Gasteiger partial charge in [0.2, 0.25) is 5.91 Å². The van der Waals surface area contributed by atoms with E-state index in [4.69, 9.17) is 11.6 Å². The van der Waals surface area contributed by atoms with Crippen molar-refractivity contribution in [2.75, 3.05) is 42.5 Å². The predicted molar refractivity (Wildman–Crippen MR) is 120 cm³/mol. The highest BCUT2D eigenvalue weighted by atomic mass is 35.5. The summed E-state index contributed by atoms with van der Waals surface area (Å²) in [6.45, 7) is 3.84. The van der Waals surface area contributed by atoms with Gasteiger partial charge in [0, 0.05) is 48.3 Å². The number of halogens is 1. The molecule has 4 rings (SSSR count). The van der Waals surface area contributed by atoms with Gasteiger partial charge >= 0.3 is 0 Å². The second-order valence-electron chi connectivity index (χ2n) is 7.14. The molecule has 1 heterocycles. The Labute approximate surface area is 176 Å². The second-order valence-corrected chi connectivity index (χ2v) is 7.58. The highest BCUT2D eigenvalue weighted by molar-refractivity contribution is 6.30. The molecule has 0 radical (unpaired) electrons. The number of amides is 1. The van der Waals surface area contributed by atoms with E-state index in [9.17, 15) is 4.79 Å². The van der Waals surface area contributed by atoms with Crippen molar-refractivity contribution in [3.8, 4) is 0 Å². The summed E-state index contributed by atoms with van der Waals surface area (Å²) < 4.78 is 0. The molecule has 0 saturated carbocycles. The van der Waals surface area contributed by atoms with E-state index in [0.717, 1.165) is 48.3 Å². The number of hydrogen-bond donors (Lipinski definition) is 0. The van der Waals surface area contributed by atoms with Gasteiger partial charge in [-0.15, -0.1) is 0 Å². The summed E-state index contributed by atoms with van der Waals surface area (Å²) in [6, 6.07) is 27.6. The quantitative estimate of drug-likeness (QED) is 0.608. The lowest BCUT2D eigenvalue weighted by Crippen LogP contribution is -2.49. The molecule has 148 valence electrons. The zero-order valence-corrected chi connectivity index (χ0v) is 17.0. The third-order valence-electron chi connectivity index (χ3n) is 5.18. The Balaban J connectivity index is 1.44. The number of anilines is 3. The van der Waals surface area contributed by atoms with Crippen molar-refractivity contribution in [3.63, 3.8) is 0 Å². The zero-order chi connectivity index (χ0) is 20.1. The molecule has 5 heteroatoms. The molecule has 29 heavy (non-hydrogen) atoms. The Morgan fingerprint density at radius 1 is 0.793 bits per heavy atom. The van der Waals surface area contributed by atoms with Gasteiger partial charge in [0.15, 0.2) is 0 Å². The van der Waals surface area contributed by atoms with Crippen LogP contribution in [0.4, 0.5) is 17.1 Å². The predicted octanol–water partition coefficient (Wildman–Crippen LogP) is 4.83. The van der Waals surface area contributed by atoms with Crippen LogP contribution in [-0.2, 0) is 4.79 Å². The normalized spacial score (nSPS) is 14.6. The van der Waals surface area contributed by atoms with Gasteiger partial charge in [-0.2, -0.15) is 0 Å². The first kappa shape index (κ1) is 19.5. The maximum atomic E-state index is 13.3. The second kappa shape index (κ2) is 9.12. The average molecular weight is 406 g/mol. The molecule has 0 unspecified atom stereocenters. The number of rotatable bonds is 5. The maximum Gasteiger partial charge on any atom is 0.245 e. The molecule has 3 aromatic rings. The molecule has 0 aromatic heterocycles. The van der Waals surface area contributed by atoms with Gasteiger partial charge in [-0.1, -0.05) is 54.1 Å². The van der Waals surface area contributed by atoms with Crippen molar-refractivity contribution < 1.29 is 4.79 Å². The third kappa shape index (κ3) is 4.78. The van der Waals surface area contributed by atoms with Crippen LogP contribution in [0.1, 0.15) is 0 Å². The van der Waals surface area contributed by atoms with Crippen molar-refractivity contribution in [2.24, 2.45) is 0 Å². The van der Waals surface area contributed by atoms with Crippen LogP contribution in [0.25, 0.3) is 0 Å². The minimum absolute atomic E-state index is 0.0820. The van der Waals surface area contributed by atoms with Crippen molar-refractivity contribution in [1.29, 1.82) is 0 Å². The third-order valence-corrected chi connectivity index (χ3v) is 5.42. The van der Waals surface area contributed by atoms with Crippen LogP contribution < -0.4 is 9.80 Å². The number of carbonyl (C=O) groups excluding carboxylic acids is 1. The number of para-hydroxylation sites is 2. The monoisotopic (exact) mass is 405 g/mol. The highest BCUT2D eigenvalue weighted by Gasteiger charge is 2.23. The first-order chi connectivity index (χ1) is 14.2. The first-order valence-corrected chi connectivity index (χ1v) is 10.2. The smallest absolute Gasteiger partial charge is 0.245 e. The Bertz CT molecular complexity index is 901. The number of piperazine rings is 1. The van der Waals surface area contributed by atoms with Crippen molar-refractivity contribution in [3.05, 3.63) is 90.0 Å². The van der Waals surface area contributed by atoms with Crippen LogP contribution >= 0.6 is 11.6 Å². The SMILES string of the molecule is O=C(CN1CCN(c2cccc(Cl)c2)CC1)N(c1ccccc1)c1ccccc1. The van der Waals surface area contributed by atoms with E-state index in [1.54, 1.807) is 0 Å². The maximum absolute atomic E-state index is 13.3. The summed E-state index contributed by atoms with van der Waals surface area (Å²) in [5, 5.41) is 0.751.